The Balaban J connectivity index is 2.24. The largest absolute Gasteiger partial charge is 0.396 e. The van der Waals surface area contributed by atoms with E-state index in [9.17, 15) is 8.78 Å². The Morgan fingerprint density at radius 3 is 2.95 bits per heavy atom. The smallest absolute Gasteiger partial charge is 0.178 e. The van der Waals surface area contributed by atoms with Gasteiger partial charge < -0.3 is 15.4 Å². The number of nitrogens with zero attached hydrogens (tertiary/aromatic N) is 2. The molecule has 2 rings (SSSR count). The van der Waals surface area contributed by atoms with E-state index in [1.807, 2.05) is 4.90 Å². The molecule has 1 aromatic heterocycles. The standard InChI is InChI=1S/C12H18F2N4O/c13-9-7-10(14)12(16-11(9)17-15)18-5-1-3-8(18)4-2-6-19/h7-8,19H,1-6,15H2,(H,16,17). The maximum atomic E-state index is 13.9. The number of aromatic nitrogens is 1. The number of pyridine rings is 1. The molecule has 1 fully saturated rings. The fourth-order valence-corrected chi connectivity index (χ4v) is 2.50. The van der Waals surface area contributed by atoms with E-state index in [0.717, 1.165) is 25.3 Å². The maximum Gasteiger partial charge on any atom is 0.178 e. The Morgan fingerprint density at radius 1 is 1.47 bits per heavy atom. The molecule has 1 unspecified atom stereocenters. The van der Waals surface area contributed by atoms with Crippen molar-refractivity contribution in [2.75, 3.05) is 23.5 Å². The molecular weight excluding hydrogens is 254 g/mol. The summed E-state index contributed by atoms with van der Waals surface area (Å²) in [5.41, 5.74) is 2.12. The number of halogens is 2. The van der Waals surface area contributed by atoms with Gasteiger partial charge in [0.2, 0.25) is 0 Å². The highest BCUT2D eigenvalue weighted by Gasteiger charge is 2.28. The maximum absolute atomic E-state index is 13.9. The second-order valence-electron chi connectivity index (χ2n) is 4.62. The number of hydrogen-bond acceptors (Lipinski definition) is 5. The molecule has 1 saturated heterocycles. The van der Waals surface area contributed by atoms with Gasteiger partial charge in [-0.05, 0) is 25.7 Å². The van der Waals surface area contributed by atoms with Crippen molar-refractivity contribution in [1.82, 2.24) is 4.98 Å². The molecule has 0 radical (unpaired) electrons. The Bertz CT molecular complexity index is 444. The van der Waals surface area contributed by atoms with Gasteiger partial charge in [-0.2, -0.15) is 0 Å². The fourth-order valence-electron chi connectivity index (χ4n) is 2.50. The number of anilines is 2. The minimum Gasteiger partial charge on any atom is -0.396 e. The van der Waals surface area contributed by atoms with E-state index >= 15 is 0 Å². The van der Waals surface area contributed by atoms with Gasteiger partial charge in [-0.1, -0.05) is 0 Å². The molecule has 0 bridgehead atoms. The summed E-state index contributed by atoms with van der Waals surface area (Å²) in [5.74, 6) is 3.62. The van der Waals surface area contributed by atoms with Gasteiger partial charge in [-0.3, -0.25) is 0 Å². The quantitative estimate of drug-likeness (QED) is 0.558. The molecule has 0 spiro atoms. The third-order valence-corrected chi connectivity index (χ3v) is 3.39. The number of hydrazine groups is 1. The summed E-state index contributed by atoms with van der Waals surface area (Å²) < 4.78 is 27.2. The van der Waals surface area contributed by atoms with Gasteiger partial charge in [0.1, 0.15) is 0 Å². The van der Waals surface area contributed by atoms with Crippen LogP contribution in [0.3, 0.4) is 0 Å². The molecule has 1 aliphatic heterocycles. The average molecular weight is 272 g/mol. The lowest BCUT2D eigenvalue weighted by Crippen LogP contribution is -2.31. The summed E-state index contributed by atoms with van der Waals surface area (Å²) in [7, 11) is 0. The van der Waals surface area contributed by atoms with Crippen LogP contribution in [0.4, 0.5) is 20.4 Å². The molecular formula is C12H18F2N4O. The van der Waals surface area contributed by atoms with Crippen LogP contribution >= 0.6 is 0 Å². The van der Waals surface area contributed by atoms with E-state index in [4.69, 9.17) is 10.9 Å². The van der Waals surface area contributed by atoms with E-state index in [-0.39, 0.29) is 24.3 Å². The van der Waals surface area contributed by atoms with Crippen LogP contribution in [0.1, 0.15) is 25.7 Å². The molecule has 1 aromatic rings. The van der Waals surface area contributed by atoms with E-state index < -0.39 is 11.6 Å². The SMILES string of the molecule is NNc1nc(N2CCCC2CCCO)c(F)cc1F. The Labute approximate surface area is 110 Å². The summed E-state index contributed by atoms with van der Waals surface area (Å²) in [6.07, 6.45) is 3.27. The molecule has 106 valence electrons. The normalized spacial score (nSPS) is 18.9. The molecule has 1 atom stereocenters. The summed E-state index contributed by atoms with van der Waals surface area (Å²) in [6.45, 7) is 0.787. The highest BCUT2D eigenvalue weighted by molar-refractivity contribution is 5.50. The van der Waals surface area contributed by atoms with E-state index in [1.54, 1.807) is 0 Å². The molecule has 19 heavy (non-hydrogen) atoms. The average Bonchev–Trinajstić information content (AvgIpc) is 2.84. The molecule has 0 amide bonds. The lowest BCUT2D eigenvalue weighted by Gasteiger charge is -2.26. The molecule has 0 saturated carbocycles. The zero-order valence-electron chi connectivity index (χ0n) is 10.6. The fraction of sp³-hybridized carbons (Fsp3) is 0.583. The lowest BCUT2D eigenvalue weighted by atomic mass is 10.1. The summed E-state index contributed by atoms with van der Waals surface area (Å²) in [6, 6.07) is 0.920. The molecule has 2 heterocycles. The molecule has 4 N–H and O–H groups in total. The first-order valence-corrected chi connectivity index (χ1v) is 6.37. The van der Waals surface area contributed by atoms with Crippen molar-refractivity contribution in [2.24, 2.45) is 5.84 Å². The van der Waals surface area contributed by atoms with Crippen molar-refractivity contribution in [3.8, 4) is 0 Å². The lowest BCUT2D eigenvalue weighted by molar-refractivity contribution is 0.279. The Kier molecular flexibility index (Phi) is 4.49. The second kappa shape index (κ2) is 6.12. The van der Waals surface area contributed by atoms with Crippen LogP contribution < -0.4 is 16.2 Å². The van der Waals surface area contributed by atoms with E-state index in [1.165, 1.54) is 0 Å². The van der Waals surface area contributed by atoms with Crippen molar-refractivity contribution in [3.05, 3.63) is 17.7 Å². The molecule has 7 heteroatoms. The van der Waals surface area contributed by atoms with E-state index in [2.05, 4.69) is 10.4 Å². The minimum absolute atomic E-state index is 0.110. The number of hydrogen-bond donors (Lipinski definition) is 3. The van der Waals surface area contributed by atoms with Crippen molar-refractivity contribution < 1.29 is 13.9 Å². The summed E-state index contributed by atoms with van der Waals surface area (Å²) >= 11 is 0. The summed E-state index contributed by atoms with van der Waals surface area (Å²) in [5, 5.41) is 8.87. The van der Waals surface area contributed by atoms with Gasteiger partial charge in [-0.25, -0.2) is 19.6 Å². The van der Waals surface area contributed by atoms with Gasteiger partial charge in [0.15, 0.2) is 23.3 Å². The first kappa shape index (κ1) is 14.0. The molecule has 0 aliphatic carbocycles. The molecule has 1 aliphatic rings. The zero-order chi connectivity index (χ0) is 13.8. The van der Waals surface area contributed by atoms with Gasteiger partial charge in [0.25, 0.3) is 0 Å². The topological polar surface area (TPSA) is 74.4 Å². The highest BCUT2D eigenvalue weighted by atomic mass is 19.1. The summed E-state index contributed by atoms with van der Waals surface area (Å²) in [4.78, 5) is 5.73. The van der Waals surface area contributed by atoms with Gasteiger partial charge in [0, 0.05) is 25.3 Å². The van der Waals surface area contributed by atoms with Crippen LogP contribution in [0, 0.1) is 11.6 Å². The van der Waals surface area contributed by atoms with Crippen LogP contribution in [0.25, 0.3) is 0 Å². The monoisotopic (exact) mass is 272 g/mol. The van der Waals surface area contributed by atoms with Gasteiger partial charge >= 0.3 is 0 Å². The van der Waals surface area contributed by atoms with Gasteiger partial charge in [-0.15, -0.1) is 0 Å². The highest BCUT2D eigenvalue weighted by Crippen LogP contribution is 2.30. The van der Waals surface area contributed by atoms with E-state index in [0.29, 0.717) is 13.0 Å². The Hall–Kier alpha value is -1.47. The first-order chi connectivity index (χ1) is 9.17. The number of nitrogen functional groups attached to an aromatic ring is 1. The zero-order valence-corrected chi connectivity index (χ0v) is 10.6. The van der Waals surface area contributed by atoms with Gasteiger partial charge in [0.05, 0.1) is 0 Å². The van der Waals surface area contributed by atoms with Crippen molar-refractivity contribution in [2.45, 2.75) is 31.7 Å². The number of aliphatic hydroxyl groups is 1. The third kappa shape index (κ3) is 2.93. The van der Waals surface area contributed by atoms with Crippen LogP contribution in [-0.2, 0) is 0 Å². The Morgan fingerprint density at radius 2 is 2.26 bits per heavy atom. The number of aliphatic hydroxyl groups excluding tert-OH is 1. The van der Waals surface area contributed by atoms with Crippen molar-refractivity contribution in [1.29, 1.82) is 0 Å². The van der Waals surface area contributed by atoms with Crippen molar-refractivity contribution >= 4 is 11.6 Å². The van der Waals surface area contributed by atoms with Crippen LogP contribution in [0.5, 0.6) is 0 Å². The second-order valence-corrected chi connectivity index (χ2v) is 4.62. The molecule has 0 aromatic carbocycles. The number of nitrogens with two attached hydrogens (primary N) is 1. The van der Waals surface area contributed by atoms with Crippen molar-refractivity contribution in [3.63, 3.8) is 0 Å². The van der Waals surface area contributed by atoms with Crippen LogP contribution in [0.2, 0.25) is 0 Å². The first-order valence-electron chi connectivity index (χ1n) is 6.37. The minimum atomic E-state index is -0.810. The third-order valence-electron chi connectivity index (χ3n) is 3.39. The van der Waals surface area contributed by atoms with Crippen LogP contribution in [-0.4, -0.2) is 29.3 Å². The number of rotatable bonds is 5. The predicted molar refractivity (Wildman–Crippen MR) is 68.7 cm³/mol. The molecule has 5 nitrogen and oxygen atoms in total. The predicted octanol–water partition coefficient (Wildman–Crippen LogP) is 1.39. The van der Waals surface area contributed by atoms with Crippen LogP contribution in [0.15, 0.2) is 6.07 Å². The number of nitrogens with one attached hydrogen (secondary N) is 1.